The van der Waals surface area contributed by atoms with Crippen molar-refractivity contribution in [3.63, 3.8) is 0 Å². The number of likely N-dealkylation sites (tertiary alicyclic amines) is 1. The van der Waals surface area contributed by atoms with Crippen molar-refractivity contribution in [2.75, 3.05) is 38.6 Å². The Hall–Kier alpha value is -1.13. The third-order valence-electron chi connectivity index (χ3n) is 4.01. The van der Waals surface area contributed by atoms with Crippen LogP contribution in [-0.4, -0.2) is 44.7 Å². The molecule has 1 saturated heterocycles. The van der Waals surface area contributed by atoms with Gasteiger partial charge in [0.2, 0.25) is 0 Å². The zero-order chi connectivity index (χ0) is 14.7. The van der Waals surface area contributed by atoms with Crippen molar-refractivity contribution >= 4 is 5.69 Å². The number of nitrogens with zero attached hydrogens (tertiary/aromatic N) is 2. The van der Waals surface area contributed by atoms with Crippen molar-refractivity contribution < 1.29 is 4.39 Å². The van der Waals surface area contributed by atoms with Gasteiger partial charge in [-0.15, -0.1) is 0 Å². The smallest absolute Gasteiger partial charge is 0.146 e. The van der Waals surface area contributed by atoms with Crippen molar-refractivity contribution in [1.82, 2.24) is 4.90 Å². The summed E-state index contributed by atoms with van der Waals surface area (Å²) in [6.45, 7) is 5.10. The molecule has 2 rings (SSSR count). The minimum atomic E-state index is -0.142. The van der Waals surface area contributed by atoms with Crippen LogP contribution >= 0.6 is 0 Å². The highest BCUT2D eigenvalue weighted by atomic mass is 19.1. The molecular formula is C16H26FN3. The van der Waals surface area contributed by atoms with Crippen LogP contribution in [0.3, 0.4) is 0 Å². The third kappa shape index (κ3) is 3.70. The van der Waals surface area contributed by atoms with E-state index >= 15 is 0 Å². The van der Waals surface area contributed by atoms with Gasteiger partial charge in [0, 0.05) is 26.2 Å². The number of para-hydroxylation sites is 1. The molecule has 0 spiro atoms. The lowest BCUT2D eigenvalue weighted by Gasteiger charge is -2.26. The van der Waals surface area contributed by atoms with E-state index in [9.17, 15) is 4.39 Å². The molecule has 0 amide bonds. The number of nitrogens with two attached hydrogens (primary N) is 1. The summed E-state index contributed by atoms with van der Waals surface area (Å²) < 4.78 is 14.2. The highest BCUT2D eigenvalue weighted by Gasteiger charge is 2.23. The molecule has 2 atom stereocenters. The molecule has 0 radical (unpaired) electrons. The number of benzene rings is 1. The maximum atomic E-state index is 14.2. The first-order valence-electron chi connectivity index (χ1n) is 7.40. The molecule has 1 aromatic carbocycles. The summed E-state index contributed by atoms with van der Waals surface area (Å²) in [5.74, 6) is 0.477. The van der Waals surface area contributed by atoms with Crippen LogP contribution in [-0.2, 0) is 6.42 Å². The molecule has 20 heavy (non-hydrogen) atoms. The summed E-state index contributed by atoms with van der Waals surface area (Å²) in [6, 6.07) is 5.34. The Morgan fingerprint density at radius 3 is 2.85 bits per heavy atom. The predicted octanol–water partition coefficient (Wildman–Crippen LogP) is 2.10. The van der Waals surface area contributed by atoms with Gasteiger partial charge in [-0.1, -0.05) is 12.1 Å². The van der Waals surface area contributed by atoms with Crippen molar-refractivity contribution in [3.8, 4) is 0 Å². The highest BCUT2D eigenvalue weighted by Crippen LogP contribution is 2.27. The normalized spacial score (nSPS) is 21.1. The predicted molar refractivity (Wildman–Crippen MR) is 82.6 cm³/mol. The molecule has 1 aromatic rings. The van der Waals surface area contributed by atoms with E-state index in [-0.39, 0.29) is 11.9 Å². The fourth-order valence-corrected chi connectivity index (χ4v) is 3.15. The lowest BCUT2D eigenvalue weighted by molar-refractivity contribution is 0.395. The van der Waals surface area contributed by atoms with Gasteiger partial charge >= 0.3 is 0 Å². The van der Waals surface area contributed by atoms with E-state index in [0.717, 1.165) is 30.9 Å². The maximum Gasteiger partial charge on any atom is 0.146 e. The standard InChI is InChI=1S/C16H26FN3/c1-12(18)9-14-5-4-6-15(17)16(14)20(3)11-13-7-8-19(2)10-13/h4-6,12-13H,7-11,18H2,1-3H3. The monoisotopic (exact) mass is 279 g/mol. The molecular weight excluding hydrogens is 253 g/mol. The molecule has 1 heterocycles. The number of rotatable bonds is 5. The molecule has 3 nitrogen and oxygen atoms in total. The molecule has 0 bridgehead atoms. The topological polar surface area (TPSA) is 32.5 Å². The van der Waals surface area contributed by atoms with E-state index in [4.69, 9.17) is 5.73 Å². The summed E-state index contributed by atoms with van der Waals surface area (Å²) in [5.41, 5.74) is 7.61. The SMILES string of the molecule is CC(N)Cc1cccc(F)c1N(C)CC1CCN(C)C1. The fraction of sp³-hybridized carbons (Fsp3) is 0.625. The maximum absolute atomic E-state index is 14.2. The Labute approximate surface area is 121 Å². The average molecular weight is 279 g/mol. The number of anilines is 1. The molecule has 2 N–H and O–H groups in total. The highest BCUT2D eigenvalue weighted by molar-refractivity contribution is 5.54. The largest absolute Gasteiger partial charge is 0.372 e. The van der Waals surface area contributed by atoms with Crippen molar-refractivity contribution in [2.45, 2.75) is 25.8 Å². The number of hydrogen-bond donors (Lipinski definition) is 1. The van der Waals surface area contributed by atoms with E-state index in [1.807, 2.05) is 20.0 Å². The minimum absolute atomic E-state index is 0.0431. The Kier molecular flexibility index (Phi) is 5.00. The van der Waals surface area contributed by atoms with Gasteiger partial charge in [0.05, 0.1) is 5.69 Å². The second kappa shape index (κ2) is 6.55. The lowest BCUT2D eigenvalue weighted by Crippen LogP contribution is -2.29. The van der Waals surface area contributed by atoms with Crippen molar-refractivity contribution in [1.29, 1.82) is 0 Å². The van der Waals surface area contributed by atoms with Crippen molar-refractivity contribution in [3.05, 3.63) is 29.6 Å². The van der Waals surface area contributed by atoms with E-state index in [1.165, 1.54) is 12.5 Å². The molecule has 0 saturated carbocycles. The van der Waals surface area contributed by atoms with Gasteiger partial charge in [-0.2, -0.15) is 0 Å². The van der Waals surface area contributed by atoms with Gasteiger partial charge in [0.15, 0.2) is 0 Å². The van der Waals surface area contributed by atoms with Crippen LogP contribution in [0.15, 0.2) is 18.2 Å². The van der Waals surface area contributed by atoms with Gasteiger partial charge < -0.3 is 15.5 Å². The van der Waals surface area contributed by atoms with Crippen LogP contribution in [0.4, 0.5) is 10.1 Å². The molecule has 1 aliphatic heterocycles. The van der Waals surface area contributed by atoms with Gasteiger partial charge in [0.1, 0.15) is 5.82 Å². The first-order valence-corrected chi connectivity index (χ1v) is 7.40. The van der Waals surface area contributed by atoms with Gasteiger partial charge in [-0.05, 0) is 50.9 Å². The summed E-state index contributed by atoms with van der Waals surface area (Å²) in [6.07, 6.45) is 1.90. The van der Waals surface area contributed by atoms with E-state index in [0.29, 0.717) is 12.3 Å². The summed E-state index contributed by atoms with van der Waals surface area (Å²) in [4.78, 5) is 4.40. The first-order chi connectivity index (χ1) is 9.47. The summed E-state index contributed by atoms with van der Waals surface area (Å²) in [7, 11) is 4.13. The van der Waals surface area contributed by atoms with E-state index < -0.39 is 0 Å². The molecule has 0 aromatic heterocycles. The second-order valence-corrected chi connectivity index (χ2v) is 6.23. The van der Waals surface area contributed by atoms with Crippen LogP contribution in [0.25, 0.3) is 0 Å². The fourth-order valence-electron chi connectivity index (χ4n) is 3.15. The summed E-state index contributed by atoms with van der Waals surface area (Å²) >= 11 is 0. The summed E-state index contributed by atoms with van der Waals surface area (Å²) in [5, 5.41) is 0. The Bertz CT molecular complexity index is 447. The van der Waals surface area contributed by atoms with Gasteiger partial charge in [-0.25, -0.2) is 4.39 Å². The van der Waals surface area contributed by atoms with Gasteiger partial charge in [0.25, 0.3) is 0 Å². The molecule has 1 aliphatic rings. The molecule has 2 unspecified atom stereocenters. The lowest BCUT2D eigenvalue weighted by atomic mass is 10.0. The van der Waals surface area contributed by atoms with Crippen LogP contribution in [0, 0.1) is 11.7 Å². The zero-order valence-electron chi connectivity index (χ0n) is 12.8. The molecule has 1 fully saturated rings. The number of hydrogen-bond acceptors (Lipinski definition) is 3. The third-order valence-corrected chi connectivity index (χ3v) is 4.01. The van der Waals surface area contributed by atoms with E-state index in [2.05, 4.69) is 16.8 Å². The van der Waals surface area contributed by atoms with Crippen LogP contribution in [0.2, 0.25) is 0 Å². The minimum Gasteiger partial charge on any atom is -0.372 e. The molecule has 0 aliphatic carbocycles. The van der Waals surface area contributed by atoms with E-state index in [1.54, 1.807) is 6.07 Å². The zero-order valence-corrected chi connectivity index (χ0v) is 12.8. The Balaban J connectivity index is 2.13. The van der Waals surface area contributed by atoms with Crippen LogP contribution in [0.5, 0.6) is 0 Å². The van der Waals surface area contributed by atoms with Gasteiger partial charge in [-0.3, -0.25) is 0 Å². The Morgan fingerprint density at radius 2 is 2.25 bits per heavy atom. The van der Waals surface area contributed by atoms with Crippen LogP contribution in [0.1, 0.15) is 18.9 Å². The Morgan fingerprint density at radius 1 is 1.50 bits per heavy atom. The van der Waals surface area contributed by atoms with Crippen molar-refractivity contribution in [2.24, 2.45) is 11.7 Å². The average Bonchev–Trinajstić information content (AvgIpc) is 2.73. The number of halogens is 1. The second-order valence-electron chi connectivity index (χ2n) is 6.23. The molecule has 112 valence electrons. The van der Waals surface area contributed by atoms with Crippen LogP contribution < -0.4 is 10.6 Å². The first kappa shape index (κ1) is 15.3. The molecule has 4 heteroatoms. The quantitative estimate of drug-likeness (QED) is 0.896.